The zero-order valence-electron chi connectivity index (χ0n) is 13.4. The molecule has 0 aromatic heterocycles. The Morgan fingerprint density at radius 2 is 1.73 bits per heavy atom. The van der Waals surface area contributed by atoms with Crippen LogP contribution in [0.3, 0.4) is 0 Å². The maximum Gasteiger partial charge on any atom is 0.251 e. The SMILES string of the molecule is Cc1ccc(C(=O)N[C@H]2CC[C@H](N3CCOCC3)CC2)cc1. The van der Waals surface area contributed by atoms with Crippen molar-refractivity contribution in [2.45, 2.75) is 44.7 Å². The summed E-state index contributed by atoms with van der Waals surface area (Å²) in [5.41, 5.74) is 1.95. The molecule has 1 amide bonds. The predicted molar refractivity (Wildman–Crippen MR) is 87.1 cm³/mol. The number of amides is 1. The van der Waals surface area contributed by atoms with Gasteiger partial charge in [-0.1, -0.05) is 17.7 Å². The smallest absolute Gasteiger partial charge is 0.251 e. The van der Waals surface area contributed by atoms with Crippen LogP contribution < -0.4 is 5.32 Å². The molecule has 1 aromatic rings. The van der Waals surface area contributed by atoms with E-state index < -0.39 is 0 Å². The van der Waals surface area contributed by atoms with E-state index in [1.165, 1.54) is 18.4 Å². The van der Waals surface area contributed by atoms with Crippen LogP contribution in [-0.2, 0) is 4.74 Å². The second kappa shape index (κ2) is 7.25. The van der Waals surface area contributed by atoms with Crippen LogP contribution >= 0.6 is 0 Å². The Balaban J connectivity index is 1.47. The summed E-state index contributed by atoms with van der Waals surface area (Å²) >= 11 is 0. The van der Waals surface area contributed by atoms with Gasteiger partial charge in [0.1, 0.15) is 0 Å². The summed E-state index contributed by atoms with van der Waals surface area (Å²) < 4.78 is 5.42. The van der Waals surface area contributed by atoms with E-state index in [2.05, 4.69) is 10.2 Å². The summed E-state index contributed by atoms with van der Waals surface area (Å²) in [6, 6.07) is 8.80. The molecule has 0 bridgehead atoms. The number of rotatable bonds is 3. The third-order valence-corrected chi connectivity index (χ3v) is 4.91. The van der Waals surface area contributed by atoms with Gasteiger partial charge in [-0.3, -0.25) is 9.69 Å². The van der Waals surface area contributed by atoms with Crippen LogP contribution in [0.15, 0.2) is 24.3 Å². The fraction of sp³-hybridized carbons (Fsp3) is 0.611. The molecule has 0 radical (unpaired) electrons. The molecule has 3 rings (SSSR count). The number of nitrogens with zero attached hydrogens (tertiary/aromatic N) is 1. The number of benzene rings is 1. The van der Waals surface area contributed by atoms with Gasteiger partial charge in [-0.2, -0.15) is 0 Å². The van der Waals surface area contributed by atoms with Crippen molar-refractivity contribution in [2.24, 2.45) is 0 Å². The van der Waals surface area contributed by atoms with E-state index in [-0.39, 0.29) is 5.91 Å². The second-order valence-corrected chi connectivity index (χ2v) is 6.49. The maximum atomic E-state index is 12.3. The van der Waals surface area contributed by atoms with Crippen LogP contribution in [0.2, 0.25) is 0 Å². The lowest BCUT2D eigenvalue weighted by Crippen LogP contribution is -2.47. The topological polar surface area (TPSA) is 41.6 Å². The highest BCUT2D eigenvalue weighted by Gasteiger charge is 2.27. The van der Waals surface area contributed by atoms with Gasteiger partial charge in [0.15, 0.2) is 0 Å². The molecule has 4 heteroatoms. The van der Waals surface area contributed by atoms with Gasteiger partial charge in [-0.15, -0.1) is 0 Å². The molecule has 0 atom stereocenters. The molecule has 22 heavy (non-hydrogen) atoms. The largest absolute Gasteiger partial charge is 0.379 e. The van der Waals surface area contributed by atoms with Crippen molar-refractivity contribution in [1.82, 2.24) is 10.2 Å². The van der Waals surface area contributed by atoms with Crippen molar-refractivity contribution in [3.05, 3.63) is 35.4 Å². The van der Waals surface area contributed by atoms with Crippen molar-refractivity contribution in [2.75, 3.05) is 26.3 Å². The Hall–Kier alpha value is -1.39. The Bertz CT molecular complexity index is 486. The number of carbonyl (C=O) groups excluding carboxylic acids is 1. The Kier molecular flexibility index (Phi) is 5.11. The third kappa shape index (κ3) is 3.87. The fourth-order valence-corrected chi connectivity index (χ4v) is 3.50. The quantitative estimate of drug-likeness (QED) is 0.932. The van der Waals surface area contributed by atoms with Crippen LogP contribution in [0, 0.1) is 6.92 Å². The van der Waals surface area contributed by atoms with E-state index in [0.717, 1.165) is 44.7 Å². The minimum Gasteiger partial charge on any atom is -0.379 e. The Morgan fingerprint density at radius 1 is 1.09 bits per heavy atom. The summed E-state index contributed by atoms with van der Waals surface area (Å²) in [6.07, 6.45) is 4.52. The average Bonchev–Trinajstić information content (AvgIpc) is 2.57. The summed E-state index contributed by atoms with van der Waals surface area (Å²) in [7, 11) is 0. The summed E-state index contributed by atoms with van der Waals surface area (Å²) in [5, 5.41) is 3.20. The van der Waals surface area contributed by atoms with Gasteiger partial charge in [0.25, 0.3) is 5.91 Å². The maximum absolute atomic E-state index is 12.3. The van der Waals surface area contributed by atoms with Gasteiger partial charge in [0, 0.05) is 30.7 Å². The third-order valence-electron chi connectivity index (χ3n) is 4.91. The van der Waals surface area contributed by atoms with Crippen LogP contribution in [0.25, 0.3) is 0 Å². The lowest BCUT2D eigenvalue weighted by Gasteiger charge is -2.38. The van der Waals surface area contributed by atoms with Crippen molar-refractivity contribution in [3.63, 3.8) is 0 Å². The number of aryl methyl sites for hydroxylation is 1. The lowest BCUT2D eigenvalue weighted by atomic mass is 9.89. The number of nitrogens with one attached hydrogen (secondary N) is 1. The summed E-state index contributed by atoms with van der Waals surface area (Å²) in [5.74, 6) is 0.0647. The zero-order valence-corrected chi connectivity index (χ0v) is 13.4. The molecule has 1 aromatic carbocycles. The van der Waals surface area contributed by atoms with Gasteiger partial charge in [0.05, 0.1) is 13.2 Å². The van der Waals surface area contributed by atoms with E-state index in [1.54, 1.807) is 0 Å². The van der Waals surface area contributed by atoms with E-state index in [4.69, 9.17) is 4.74 Å². The lowest BCUT2D eigenvalue weighted by molar-refractivity contribution is 0.00665. The van der Waals surface area contributed by atoms with Crippen LogP contribution in [-0.4, -0.2) is 49.2 Å². The first kappa shape index (κ1) is 15.5. The van der Waals surface area contributed by atoms with Crippen molar-refractivity contribution in [3.8, 4) is 0 Å². The molecule has 2 fully saturated rings. The van der Waals surface area contributed by atoms with Crippen LogP contribution in [0.4, 0.5) is 0 Å². The minimum absolute atomic E-state index is 0.0647. The summed E-state index contributed by atoms with van der Waals surface area (Å²) in [4.78, 5) is 14.8. The van der Waals surface area contributed by atoms with Crippen molar-refractivity contribution < 1.29 is 9.53 Å². The van der Waals surface area contributed by atoms with E-state index >= 15 is 0 Å². The van der Waals surface area contributed by atoms with E-state index in [9.17, 15) is 4.79 Å². The van der Waals surface area contributed by atoms with Crippen LogP contribution in [0.5, 0.6) is 0 Å². The first-order valence-corrected chi connectivity index (χ1v) is 8.42. The molecule has 4 nitrogen and oxygen atoms in total. The molecule has 1 aliphatic heterocycles. The Labute approximate surface area is 132 Å². The molecular formula is C18H26N2O2. The highest BCUT2D eigenvalue weighted by molar-refractivity contribution is 5.94. The average molecular weight is 302 g/mol. The Morgan fingerprint density at radius 3 is 2.36 bits per heavy atom. The monoisotopic (exact) mass is 302 g/mol. The van der Waals surface area contributed by atoms with Gasteiger partial charge in [-0.05, 0) is 44.7 Å². The standard InChI is InChI=1S/C18H26N2O2/c1-14-2-4-15(5-3-14)18(21)19-16-6-8-17(9-7-16)20-10-12-22-13-11-20/h2-5,16-17H,6-13H2,1H3,(H,19,21)/t16-,17-. The first-order valence-electron chi connectivity index (χ1n) is 8.42. The minimum atomic E-state index is 0.0647. The second-order valence-electron chi connectivity index (χ2n) is 6.49. The molecule has 2 aliphatic rings. The normalized spacial score (nSPS) is 26.6. The van der Waals surface area contributed by atoms with Gasteiger partial charge in [-0.25, -0.2) is 0 Å². The highest BCUT2D eigenvalue weighted by Crippen LogP contribution is 2.24. The zero-order chi connectivity index (χ0) is 15.4. The molecule has 1 saturated heterocycles. The number of hydrogen-bond acceptors (Lipinski definition) is 3. The number of ether oxygens (including phenoxy) is 1. The molecule has 0 unspecified atom stereocenters. The predicted octanol–water partition coefficient (Wildman–Crippen LogP) is 2.37. The van der Waals surface area contributed by atoms with Crippen molar-refractivity contribution in [1.29, 1.82) is 0 Å². The molecular weight excluding hydrogens is 276 g/mol. The molecule has 1 N–H and O–H groups in total. The highest BCUT2D eigenvalue weighted by atomic mass is 16.5. The summed E-state index contributed by atoms with van der Waals surface area (Å²) in [6.45, 7) is 5.89. The first-order chi connectivity index (χ1) is 10.7. The van der Waals surface area contributed by atoms with E-state index in [1.807, 2.05) is 31.2 Å². The van der Waals surface area contributed by atoms with Gasteiger partial charge < -0.3 is 10.1 Å². The number of carbonyl (C=O) groups is 1. The molecule has 1 heterocycles. The van der Waals surface area contributed by atoms with Crippen molar-refractivity contribution >= 4 is 5.91 Å². The molecule has 1 saturated carbocycles. The van der Waals surface area contributed by atoms with Gasteiger partial charge in [0.2, 0.25) is 0 Å². The molecule has 0 spiro atoms. The number of morpholine rings is 1. The molecule has 120 valence electrons. The van der Waals surface area contributed by atoms with E-state index in [0.29, 0.717) is 12.1 Å². The number of hydrogen-bond donors (Lipinski definition) is 1. The fourth-order valence-electron chi connectivity index (χ4n) is 3.50. The van der Waals surface area contributed by atoms with Gasteiger partial charge >= 0.3 is 0 Å². The molecule has 1 aliphatic carbocycles. The van der Waals surface area contributed by atoms with Crippen LogP contribution in [0.1, 0.15) is 41.6 Å².